The molecule has 0 aliphatic rings. The first-order valence-corrected chi connectivity index (χ1v) is 5.58. The summed E-state index contributed by atoms with van der Waals surface area (Å²) in [6, 6.07) is 4.22. The van der Waals surface area contributed by atoms with E-state index in [4.69, 9.17) is 11.5 Å². The molecule has 0 saturated carbocycles. The van der Waals surface area contributed by atoms with E-state index in [1.54, 1.807) is 22.8 Å². The molecule has 0 atom stereocenters. The first-order valence-electron chi connectivity index (χ1n) is 5.58. The molecular formula is C12H14N4O4. The van der Waals surface area contributed by atoms with Crippen molar-refractivity contribution in [3.63, 3.8) is 0 Å². The third-order valence-corrected chi connectivity index (χ3v) is 2.43. The molecule has 0 fully saturated rings. The Labute approximate surface area is 114 Å². The molecule has 1 aromatic carbocycles. The van der Waals surface area contributed by atoms with Gasteiger partial charge in [0.15, 0.2) is 0 Å². The van der Waals surface area contributed by atoms with Gasteiger partial charge in [-0.3, -0.25) is 20.2 Å². The van der Waals surface area contributed by atoms with Gasteiger partial charge in [-0.15, -0.1) is 0 Å². The topological polar surface area (TPSA) is 144 Å². The number of hydrogen-bond donors (Lipinski definition) is 4. The van der Waals surface area contributed by atoms with Crippen molar-refractivity contribution in [1.29, 1.82) is 0 Å². The van der Waals surface area contributed by atoms with Crippen LogP contribution in [0.4, 0.5) is 9.59 Å². The zero-order chi connectivity index (χ0) is 15.3. The molecule has 6 N–H and O–H groups in total. The lowest BCUT2D eigenvalue weighted by molar-refractivity contribution is -0.130. The standard InChI is InChI=1S/C12H14N4O4/c1-6-2-4-7(5-3-6)8(9(17)15-11(13)19)10(18)16-12(14)20/h2-5,8H,1H3,(H3,13,15,17,19)(H3,14,16,18,20). The molecule has 0 heterocycles. The molecule has 0 aliphatic carbocycles. The van der Waals surface area contributed by atoms with E-state index in [1.807, 2.05) is 6.92 Å². The van der Waals surface area contributed by atoms with Crippen molar-refractivity contribution in [3.05, 3.63) is 35.4 Å². The SMILES string of the molecule is Cc1ccc(C(C(=O)NC(N)=O)C(=O)NC(N)=O)cc1. The van der Waals surface area contributed by atoms with E-state index in [1.165, 1.54) is 12.1 Å². The van der Waals surface area contributed by atoms with Gasteiger partial charge in [0.05, 0.1) is 0 Å². The van der Waals surface area contributed by atoms with Gasteiger partial charge in [-0.05, 0) is 12.5 Å². The molecule has 0 bridgehead atoms. The highest BCUT2D eigenvalue weighted by molar-refractivity contribution is 6.13. The Morgan fingerprint density at radius 3 is 1.65 bits per heavy atom. The number of rotatable bonds is 3. The minimum atomic E-state index is -1.41. The number of carbonyl (C=O) groups is 4. The van der Waals surface area contributed by atoms with Gasteiger partial charge >= 0.3 is 12.1 Å². The number of primary amides is 2. The monoisotopic (exact) mass is 278 g/mol. The van der Waals surface area contributed by atoms with E-state index in [9.17, 15) is 19.2 Å². The number of urea groups is 2. The van der Waals surface area contributed by atoms with E-state index in [-0.39, 0.29) is 0 Å². The highest BCUT2D eigenvalue weighted by atomic mass is 16.2. The molecule has 20 heavy (non-hydrogen) atoms. The van der Waals surface area contributed by atoms with Gasteiger partial charge in [0.2, 0.25) is 11.8 Å². The molecule has 6 amide bonds. The summed E-state index contributed by atoms with van der Waals surface area (Å²) in [5.74, 6) is -3.30. The average molecular weight is 278 g/mol. The normalized spacial score (nSPS) is 9.90. The van der Waals surface area contributed by atoms with Crippen molar-refractivity contribution < 1.29 is 19.2 Å². The van der Waals surface area contributed by atoms with Gasteiger partial charge in [-0.25, -0.2) is 9.59 Å². The summed E-state index contributed by atoms with van der Waals surface area (Å²) >= 11 is 0. The maximum absolute atomic E-state index is 11.8. The smallest absolute Gasteiger partial charge is 0.318 e. The van der Waals surface area contributed by atoms with Crippen LogP contribution in [-0.4, -0.2) is 23.9 Å². The second kappa shape index (κ2) is 6.32. The predicted octanol–water partition coefficient (Wildman–Crippen LogP) is -0.532. The van der Waals surface area contributed by atoms with Crippen LogP contribution in [0.1, 0.15) is 17.0 Å². The van der Waals surface area contributed by atoms with E-state index in [0.717, 1.165) is 5.56 Å². The fraction of sp³-hybridized carbons (Fsp3) is 0.167. The van der Waals surface area contributed by atoms with E-state index in [2.05, 4.69) is 0 Å². The summed E-state index contributed by atoms with van der Waals surface area (Å²) in [5, 5.41) is 3.59. The number of amides is 6. The van der Waals surface area contributed by atoms with Crippen LogP contribution < -0.4 is 22.1 Å². The van der Waals surface area contributed by atoms with Gasteiger partial charge in [0, 0.05) is 0 Å². The fourth-order valence-electron chi connectivity index (χ4n) is 1.57. The Morgan fingerprint density at radius 2 is 1.30 bits per heavy atom. The van der Waals surface area contributed by atoms with Crippen LogP contribution in [0.5, 0.6) is 0 Å². The number of imide groups is 2. The molecule has 0 saturated heterocycles. The summed E-state index contributed by atoms with van der Waals surface area (Å²) in [7, 11) is 0. The minimum absolute atomic E-state index is 0.299. The maximum Gasteiger partial charge on any atom is 0.318 e. The largest absolute Gasteiger partial charge is 0.351 e. The Bertz CT molecular complexity index is 525. The van der Waals surface area contributed by atoms with Crippen LogP contribution in [0, 0.1) is 6.92 Å². The van der Waals surface area contributed by atoms with Crippen molar-refractivity contribution >= 4 is 23.9 Å². The zero-order valence-corrected chi connectivity index (χ0v) is 10.7. The van der Waals surface area contributed by atoms with Crippen LogP contribution >= 0.6 is 0 Å². The van der Waals surface area contributed by atoms with Crippen LogP contribution in [0.25, 0.3) is 0 Å². The second-order valence-corrected chi connectivity index (χ2v) is 4.05. The van der Waals surface area contributed by atoms with Crippen molar-refractivity contribution in [2.45, 2.75) is 12.8 Å². The van der Waals surface area contributed by atoms with Crippen molar-refractivity contribution in [3.8, 4) is 0 Å². The van der Waals surface area contributed by atoms with Gasteiger partial charge < -0.3 is 11.5 Å². The Morgan fingerprint density at radius 1 is 0.900 bits per heavy atom. The average Bonchev–Trinajstić information content (AvgIpc) is 2.30. The molecule has 0 spiro atoms. The van der Waals surface area contributed by atoms with Crippen LogP contribution in [0.2, 0.25) is 0 Å². The quantitative estimate of drug-likeness (QED) is 0.550. The third-order valence-electron chi connectivity index (χ3n) is 2.43. The van der Waals surface area contributed by atoms with Gasteiger partial charge in [-0.1, -0.05) is 29.8 Å². The lowest BCUT2D eigenvalue weighted by Crippen LogP contribution is -2.46. The highest BCUT2D eigenvalue weighted by Gasteiger charge is 2.30. The molecular weight excluding hydrogens is 264 g/mol. The third kappa shape index (κ3) is 4.09. The summed E-state index contributed by atoms with van der Waals surface area (Å²) in [5.41, 5.74) is 10.9. The van der Waals surface area contributed by atoms with Gasteiger partial charge in [-0.2, -0.15) is 0 Å². The summed E-state index contributed by atoms with van der Waals surface area (Å²) in [4.78, 5) is 45.1. The first kappa shape index (κ1) is 15.2. The van der Waals surface area contributed by atoms with Crippen LogP contribution in [0.3, 0.4) is 0 Å². The van der Waals surface area contributed by atoms with Crippen molar-refractivity contribution in [2.75, 3.05) is 0 Å². The number of hydrogen-bond acceptors (Lipinski definition) is 4. The number of benzene rings is 1. The summed E-state index contributed by atoms with van der Waals surface area (Å²) < 4.78 is 0. The number of nitrogens with two attached hydrogens (primary N) is 2. The van der Waals surface area contributed by atoms with E-state index >= 15 is 0 Å². The lowest BCUT2D eigenvalue weighted by Gasteiger charge is -2.15. The Kier molecular flexibility index (Phi) is 4.79. The number of carbonyl (C=O) groups excluding carboxylic acids is 4. The van der Waals surface area contributed by atoms with Crippen molar-refractivity contribution in [2.24, 2.45) is 11.5 Å². The molecule has 106 valence electrons. The maximum atomic E-state index is 11.8. The Balaban J connectivity index is 3.09. The van der Waals surface area contributed by atoms with Crippen molar-refractivity contribution in [1.82, 2.24) is 10.6 Å². The summed E-state index contributed by atoms with van der Waals surface area (Å²) in [6.07, 6.45) is 0. The zero-order valence-electron chi connectivity index (χ0n) is 10.7. The summed E-state index contributed by atoms with van der Waals surface area (Å²) in [6.45, 7) is 1.83. The molecule has 1 aromatic rings. The minimum Gasteiger partial charge on any atom is -0.351 e. The molecule has 8 heteroatoms. The number of aryl methyl sites for hydroxylation is 1. The van der Waals surface area contributed by atoms with Crippen LogP contribution in [-0.2, 0) is 9.59 Å². The fourth-order valence-corrected chi connectivity index (χ4v) is 1.57. The van der Waals surface area contributed by atoms with Crippen LogP contribution in [0.15, 0.2) is 24.3 Å². The van der Waals surface area contributed by atoms with E-state index in [0.29, 0.717) is 5.56 Å². The van der Waals surface area contributed by atoms with E-state index < -0.39 is 29.8 Å². The molecule has 1 rings (SSSR count). The molecule has 0 aromatic heterocycles. The second-order valence-electron chi connectivity index (χ2n) is 4.05. The lowest BCUT2D eigenvalue weighted by atomic mass is 9.96. The van der Waals surface area contributed by atoms with Gasteiger partial charge in [0.1, 0.15) is 5.92 Å². The Hall–Kier alpha value is -2.90. The molecule has 0 unspecified atom stereocenters. The predicted molar refractivity (Wildman–Crippen MR) is 69.4 cm³/mol. The molecule has 8 nitrogen and oxygen atoms in total. The first-order chi connectivity index (χ1) is 9.31. The highest BCUT2D eigenvalue weighted by Crippen LogP contribution is 2.17. The molecule has 0 radical (unpaired) electrons. The van der Waals surface area contributed by atoms with Gasteiger partial charge in [0.25, 0.3) is 0 Å². The molecule has 0 aliphatic heterocycles. The number of nitrogens with one attached hydrogen (secondary N) is 2.